The third-order valence-corrected chi connectivity index (χ3v) is 2.06. The van der Waals surface area contributed by atoms with Gasteiger partial charge in [0.2, 0.25) is 11.8 Å². The van der Waals surface area contributed by atoms with Gasteiger partial charge in [-0.25, -0.2) is 0 Å². The second-order valence-electron chi connectivity index (χ2n) is 4.63. The first-order valence-corrected chi connectivity index (χ1v) is 5.34. The van der Waals surface area contributed by atoms with Crippen molar-refractivity contribution in [2.45, 2.75) is 46.6 Å². The third kappa shape index (κ3) is 5.40. The topological polar surface area (TPSA) is 49.4 Å². The molecule has 2 amide bonds. The number of nitrogens with zero attached hydrogens (tertiary/aromatic N) is 1. The highest BCUT2D eigenvalue weighted by atomic mass is 16.2. The van der Waals surface area contributed by atoms with E-state index in [1.54, 1.807) is 4.90 Å². The van der Waals surface area contributed by atoms with E-state index >= 15 is 0 Å². The van der Waals surface area contributed by atoms with Crippen LogP contribution in [0.15, 0.2) is 0 Å². The Morgan fingerprint density at radius 3 is 2.13 bits per heavy atom. The molecule has 4 nitrogen and oxygen atoms in total. The van der Waals surface area contributed by atoms with Crippen LogP contribution in [0.4, 0.5) is 0 Å². The van der Waals surface area contributed by atoms with Crippen LogP contribution in [-0.2, 0) is 9.59 Å². The van der Waals surface area contributed by atoms with Crippen LogP contribution in [0.3, 0.4) is 0 Å². The van der Waals surface area contributed by atoms with E-state index < -0.39 is 0 Å². The number of nitrogens with one attached hydrogen (secondary N) is 1. The zero-order valence-corrected chi connectivity index (χ0v) is 10.4. The molecule has 88 valence electrons. The van der Waals surface area contributed by atoms with E-state index in [2.05, 4.69) is 5.32 Å². The molecule has 0 aromatic carbocycles. The van der Waals surface area contributed by atoms with Crippen molar-refractivity contribution in [3.05, 3.63) is 0 Å². The summed E-state index contributed by atoms with van der Waals surface area (Å²) in [5, 5.41) is 2.76. The molecule has 1 N–H and O–H groups in total. The van der Waals surface area contributed by atoms with Crippen molar-refractivity contribution in [3.8, 4) is 0 Å². The Hall–Kier alpha value is -1.06. The lowest BCUT2D eigenvalue weighted by Crippen LogP contribution is -2.49. The Morgan fingerprint density at radius 1 is 1.27 bits per heavy atom. The maximum atomic E-state index is 11.5. The van der Waals surface area contributed by atoms with Crippen LogP contribution >= 0.6 is 0 Å². The lowest BCUT2D eigenvalue weighted by molar-refractivity contribution is -0.138. The standard InChI is InChI=1S/C11H22N2O2/c1-6-7-12-10(15)8-13(9(2)14)11(3,4)5/h6-8H2,1-5H3,(H,12,15). The molecule has 0 aliphatic carbocycles. The molecule has 0 radical (unpaired) electrons. The molecule has 4 heteroatoms. The van der Waals surface area contributed by atoms with Crippen molar-refractivity contribution in [3.63, 3.8) is 0 Å². The maximum Gasteiger partial charge on any atom is 0.239 e. The van der Waals surface area contributed by atoms with E-state index in [4.69, 9.17) is 0 Å². The number of rotatable bonds is 4. The Kier molecular flexibility index (Phi) is 5.33. The van der Waals surface area contributed by atoms with Crippen molar-refractivity contribution in [1.29, 1.82) is 0 Å². The highest BCUT2D eigenvalue weighted by Crippen LogP contribution is 2.12. The SMILES string of the molecule is CCCNC(=O)CN(C(C)=O)C(C)(C)C. The monoisotopic (exact) mass is 214 g/mol. The van der Waals surface area contributed by atoms with E-state index in [0.717, 1.165) is 6.42 Å². The van der Waals surface area contributed by atoms with Gasteiger partial charge in [0.25, 0.3) is 0 Å². The van der Waals surface area contributed by atoms with E-state index in [0.29, 0.717) is 6.54 Å². The molecular formula is C11H22N2O2. The summed E-state index contributed by atoms with van der Waals surface area (Å²) in [4.78, 5) is 24.4. The maximum absolute atomic E-state index is 11.5. The molecule has 0 bridgehead atoms. The number of amides is 2. The van der Waals surface area contributed by atoms with Gasteiger partial charge in [-0.2, -0.15) is 0 Å². The summed E-state index contributed by atoms with van der Waals surface area (Å²) >= 11 is 0. The van der Waals surface area contributed by atoms with Gasteiger partial charge in [0, 0.05) is 19.0 Å². The number of hydrogen-bond acceptors (Lipinski definition) is 2. The number of carbonyl (C=O) groups is 2. The van der Waals surface area contributed by atoms with E-state index in [9.17, 15) is 9.59 Å². The smallest absolute Gasteiger partial charge is 0.239 e. The molecule has 0 aromatic rings. The molecule has 0 rings (SSSR count). The van der Waals surface area contributed by atoms with Crippen molar-refractivity contribution in [2.75, 3.05) is 13.1 Å². The van der Waals surface area contributed by atoms with Crippen LogP contribution < -0.4 is 5.32 Å². The van der Waals surface area contributed by atoms with Crippen LogP contribution in [0, 0.1) is 0 Å². The molecule has 0 aromatic heterocycles. The Labute approximate surface area is 92.0 Å². The molecule has 0 spiro atoms. The van der Waals surface area contributed by atoms with Gasteiger partial charge < -0.3 is 10.2 Å². The quantitative estimate of drug-likeness (QED) is 0.763. The zero-order valence-electron chi connectivity index (χ0n) is 10.4. The lowest BCUT2D eigenvalue weighted by Gasteiger charge is -2.34. The minimum atomic E-state index is -0.310. The van der Waals surface area contributed by atoms with Crippen molar-refractivity contribution in [1.82, 2.24) is 10.2 Å². The van der Waals surface area contributed by atoms with Crippen LogP contribution in [0.5, 0.6) is 0 Å². The summed E-state index contributed by atoms with van der Waals surface area (Å²) in [6.45, 7) is 10.0. The number of hydrogen-bond donors (Lipinski definition) is 1. The summed E-state index contributed by atoms with van der Waals surface area (Å²) < 4.78 is 0. The third-order valence-electron chi connectivity index (χ3n) is 2.06. The van der Waals surface area contributed by atoms with E-state index in [-0.39, 0.29) is 23.9 Å². The summed E-state index contributed by atoms with van der Waals surface area (Å²) in [5.74, 6) is -0.170. The second-order valence-corrected chi connectivity index (χ2v) is 4.63. The Morgan fingerprint density at radius 2 is 1.80 bits per heavy atom. The van der Waals surface area contributed by atoms with Crippen LogP contribution in [0.1, 0.15) is 41.0 Å². The predicted molar refractivity (Wildman–Crippen MR) is 60.4 cm³/mol. The highest BCUT2D eigenvalue weighted by molar-refractivity contribution is 5.84. The largest absolute Gasteiger partial charge is 0.355 e. The van der Waals surface area contributed by atoms with Crippen LogP contribution in [0.2, 0.25) is 0 Å². The molecule has 0 fully saturated rings. The first kappa shape index (κ1) is 13.9. The zero-order chi connectivity index (χ0) is 12.1. The summed E-state index contributed by atoms with van der Waals surface area (Å²) in [7, 11) is 0. The fourth-order valence-electron chi connectivity index (χ4n) is 1.28. The molecule has 0 saturated carbocycles. The second kappa shape index (κ2) is 5.73. The van der Waals surface area contributed by atoms with Crippen molar-refractivity contribution < 1.29 is 9.59 Å². The van der Waals surface area contributed by atoms with Gasteiger partial charge in [-0.15, -0.1) is 0 Å². The first-order valence-electron chi connectivity index (χ1n) is 5.34. The lowest BCUT2D eigenvalue weighted by atomic mass is 10.1. The Balaban J connectivity index is 4.31. The van der Waals surface area contributed by atoms with E-state index in [1.165, 1.54) is 6.92 Å². The Bertz CT molecular complexity index is 231. The summed E-state index contributed by atoms with van der Waals surface area (Å²) in [6.07, 6.45) is 0.904. The van der Waals surface area contributed by atoms with Crippen molar-refractivity contribution in [2.24, 2.45) is 0 Å². The van der Waals surface area contributed by atoms with Gasteiger partial charge in [-0.3, -0.25) is 9.59 Å². The fourth-order valence-corrected chi connectivity index (χ4v) is 1.28. The molecule has 0 aliphatic rings. The average Bonchev–Trinajstić information content (AvgIpc) is 2.08. The van der Waals surface area contributed by atoms with E-state index in [1.807, 2.05) is 27.7 Å². The minimum Gasteiger partial charge on any atom is -0.355 e. The van der Waals surface area contributed by atoms with Gasteiger partial charge in [-0.1, -0.05) is 6.92 Å². The molecule has 0 heterocycles. The molecule has 0 aliphatic heterocycles. The number of carbonyl (C=O) groups excluding carboxylic acids is 2. The van der Waals surface area contributed by atoms with Crippen LogP contribution in [-0.4, -0.2) is 35.3 Å². The highest BCUT2D eigenvalue weighted by Gasteiger charge is 2.25. The molecule has 0 unspecified atom stereocenters. The normalized spacial score (nSPS) is 11.0. The van der Waals surface area contributed by atoms with Gasteiger partial charge in [0.05, 0.1) is 0 Å². The van der Waals surface area contributed by atoms with Gasteiger partial charge >= 0.3 is 0 Å². The van der Waals surface area contributed by atoms with Gasteiger partial charge in [0.1, 0.15) is 6.54 Å². The average molecular weight is 214 g/mol. The van der Waals surface area contributed by atoms with Gasteiger partial charge in [-0.05, 0) is 27.2 Å². The summed E-state index contributed by atoms with van der Waals surface area (Å²) in [6, 6.07) is 0. The van der Waals surface area contributed by atoms with Crippen LogP contribution in [0.25, 0.3) is 0 Å². The minimum absolute atomic E-state index is 0.0749. The molecular weight excluding hydrogens is 192 g/mol. The van der Waals surface area contributed by atoms with Crippen molar-refractivity contribution >= 4 is 11.8 Å². The first-order chi connectivity index (χ1) is 6.79. The molecule has 0 saturated heterocycles. The fraction of sp³-hybridized carbons (Fsp3) is 0.818. The molecule has 0 atom stereocenters. The molecule has 15 heavy (non-hydrogen) atoms. The predicted octanol–water partition coefficient (Wildman–Crippen LogP) is 1.16. The van der Waals surface area contributed by atoms with Gasteiger partial charge in [0.15, 0.2) is 0 Å². The summed E-state index contributed by atoms with van der Waals surface area (Å²) in [5.41, 5.74) is -0.310.